The zero-order valence-corrected chi connectivity index (χ0v) is 17.6. The third-order valence-electron chi connectivity index (χ3n) is 3.68. The molecule has 0 saturated heterocycles. The van der Waals surface area contributed by atoms with Crippen LogP contribution in [0.25, 0.3) is 0 Å². The molecule has 3 aromatic rings. The van der Waals surface area contributed by atoms with Crippen LogP contribution in [0.2, 0.25) is 0 Å². The lowest BCUT2D eigenvalue weighted by molar-refractivity contribution is 0.102. The monoisotopic (exact) mass is 438 g/mol. The van der Waals surface area contributed by atoms with Crippen LogP contribution < -0.4 is 10.0 Å². The van der Waals surface area contributed by atoms with Crippen molar-refractivity contribution in [2.45, 2.75) is 29.6 Å². The van der Waals surface area contributed by atoms with Crippen molar-refractivity contribution in [3.05, 3.63) is 53.5 Å². The van der Waals surface area contributed by atoms with Gasteiger partial charge in [0.05, 0.1) is 17.7 Å². The molecule has 2 aromatic heterocycles. The molecule has 0 unspecified atom stereocenters. The summed E-state index contributed by atoms with van der Waals surface area (Å²) in [4.78, 5) is 12.6. The molecule has 28 heavy (non-hydrogen) atoms. The largest absolute Gasteiger partial charge is 0.468 e. The van der Waals surface area contributed by atoms with Gasteiger partial charge in [0.15, 0.2) is 4.34 Å². The van der Waals surface area contributed by atoms with Crippen molar-refractivity contribution in [2.75, 3.05) is 11.1 Å². The number of sulfonamides is 1. The summed E-state index contributed by atoms with van der Waals surface area (Å²) in [6.45, 7) is 3.76. The molecule has 0 atom stereocenters. The Labute approximate surface area is 170 Å². The average Bonchev–Trinajstić information content (AvgIpc) is 3.32. The number of hydrogen-bond acceptors (Lipinski definition) is 8. The van der Waals surface area contributed by atoms with Crippen LogP contribution in [0.5, 0.6) is 0 Å². The molecule has 0 aliphatic heterocycles. The number of carbonyl (C=O) groups excluding carboxylic acids is 1. The first-order valence-electron chi connectivity index (χ1n) is 8.29. The van der Waals surface area contributed by atoms with Crippen molar-refractivity contribution in [2.24, 2.45) is 0 Å². The predicted molar refractivity (Wildman–Crippen MR) is 108 cm³/mol. The number of nitrogens with one attached hydrogen (secondary N) is 2. The topological polar surface area (TPSA) is 114 Å². The minimum atomic E-state index is -3.80. The van der Waals surface area contributed by atoms with Crippen molar-refractivity contribution in [1.82, 2.24) is 14.9 Å². The van der Waals surface area contributed by atoms with Gasteiger partial charge in [-0.3, -0.25) is 10.1 Å². The van der Waals surface area contributed by atoms with Gasteiger partial charge in [-0.15, -0.1) is 10.2 Å². The average molecular weight is 439 g/mol. The van der Waals surface area contributed by atoms with Gasteiger partial charge in [-0.1, -0.05) is 36.1 Å². The zero-order valence-electron chi connectivity index (χ0n) is 15.1. The maximum absolute atomic E-state index is 12.6. The minimum Gasteiger partial charge on any atom is -0.468 e. The highest BCUT2D eigenvalue weighted by Crippen LogP contribution is 2.26. The Morgan fingerprint density at radius 2 is 2.11 bits per heavy atom. The lowest BCUT2D eigenvalue weighted by Gasteiger charge is -2.10. The summed E-state index contributed by atoms with van der Waals surface area (Å²) < 4.78 is 33.4. The van der Waals surface area contributed by atoms with E-state index >= 15 is 0 Å². The lowest BCUT2D eigenvalue weighted by atomic mass is 10.1. The summed E-state index contributed by atoms with van der Waals surface area (Å²) in [7, 11) is -3.80. The number of thioether (sulfide) groups is 1. The number of amides is 1. The van der Waals surface area contributed by atoms with E-state index in [-0.39, 0.29) is 17.0 Å². The number of carbonyl (C=O) groups is 1. The van der Waals surface area contributed by atoms with E-state index in [1.165, 1.54) is 41.5 Å². The van der Waals surface area contributed by atoms with Crippen LogP contribution in [0, 0.1) is 6.92 Å². The van der Waals surface area contributed by atoms with E-state index in [9.17, 15) is 13.2 Å². The molecule has 8 nitrogen and oxygen atoms in total. The first-order chi connectivity index (χ1) is 13.4. The SMILES string of the molecule is CCSc1nnc(NC(=O)c2cc(S(=O)(=O)NCc3ccco3)ccc2C)s1. The Hall–Kier alpha value is -2.21. The normalized spacial score (nSPS) is 11.5. The summed E-state index contributed by atoms with van der Waals surface area (Å²) >= 11 is 2.80. The van der Waals surface area contributed by atoms with Crippen molar-refractivity contribution in [3.63, 3.8) is 0 Å². The van der Waals surface area contributed by atoms with Crippen molar-refractivity contribution < 1.29 is 17.6 Å². The highest BCUT2D eigenvalue weighted by atomic mass is 32.2. The molecule has 1 aromatic carbocycles. The Morgan fingerprint density at radius 3 is 2.82 bits per heavy atom. The number of aromatic nitrogens is 2. The van der Waals surface area contributed by atoms with Gasteiger partial charge < -0.3 is 4.42 Å². The predicted octanol–water partition coefficient (Wildman–Crippen LogP) is 3.28. The summed E-state index contributed by atoms with van der Waals surface area (Å²) in [6, 6.07) is 7.74. The number of anilines is 1. The minimum absolute atomic E-state index is 0.00528. The Kier molecular flexibility index (Phi) is 6.50. The summed E-state index contributed by atoms with van der Waals surface area (Å²) in [5.41, 5.74) is 0.899. The van der Waals surface area contributed by atoms with Gasteiger partial charge in [-0.05, 0) is 42.5 Å². The molecule has 3 rings (SSSR count). The Balaban J connectivity index is 1.76. The summed E-state index contributed by atoms with van der Waals surface area (Å²) in [5, 5.41) is 11.0. The van der Waals surface area contributed by atoms with Crippen LogP contribution in [0.3, 0.4) is 0 Å². The van der Waals surface area contributed by atoms with Gasteiger partial charge in [-0.25, -0.2) is 13.1 Å². The smallest absolute Gasteiger partial charge is 0.257 e. The quantitative estimate of drug-likeness (QED) is 0.410. The molecule has 2 heterocycles. The fourth-order valence-corrected chi connectivity index (χ4v) is 4.95. The molecule has 11 heteroatoms. The standard InChI is InChI=1S/C17H18N4O4S3/c1-3-26-17-21-20-16(27-17)19-15(22)14-9-13(7-6-11(14)2)28(23,24)18-10-12-5-4-8-25-12/h4-9,18H,3,10H2,1-2H3,(H,19,20,22). The van der Waals surface area contributed by atoms with Gasteiger partial charge in [0, 0.05) is 5.56 Å². The molecular formula is C17H18N4O4S3. The molecule has 0 radical (unpaired) electrons. The van der Waals surface area contributed by atoms with Gasteiger partial charge in [0.25, 0.3) is 5.91 Å². The Morgan fingerprint density at radius 1 is 1.29 bits per heavy atom. The fraction of sp³-hybridized carbons (Fsp3) is 0.235. The van der Waals surface area contributed by atoms with Crippen LogP contribution in [-0.2, 0) is 16.6 Å². The second-order valence-electron chi connectivity index (χ2n) is 5.64. The molecular weight excluding hydrogens is 420 g/mol. The molecule has 0 bridgehead atoms. The molecule has 2 N–H and O–H groups in total. The van der Waals surface area contributed by atoms with Crippen molar-refractivity contribution in [3.8, 4) is 0 Å². The highest BCUT2D eigenvalue weighted by molar-refractivity contribution is 8.01. The van der Waals surface area contributed by atoms with Crippen LogP contribution in [-0.4, -0.2) is 30.3 Å². The molecule has 0 aliphatic rings. The van der Waals surface area contributed by atoms with E-state index in [1.54, 1.807) is 25.1 Å². The molecule has 0 fully saturated rings. The van der Waals surface area contributed by atoms with E-state index < -0.39 is 15.9 Å². The number of aryl methyl sites for hydroxylation is 1. The van der Waals surface area contributed by atoms with E-state index in [4.69, 9.17) is 4.42 Å². The van der Waals surface area contributed by atoms with E-state index in [2.05, 4.69) is 20.2 Å². The summed E-state index contributed by atoms with van der Waals surface area (Å²) in [6.07, 6.45) is 1.47. The van der Waals surface area contributed by atoms with Gasteiger partial charge in [0.2, 0.25) is 15.2 Å². The molecule has 148 valence electrons. The molecule has 0 saturated carbocycles. The molecule has 0 spiro atoms. The van der Waals surface area contributed by atoms with Gasteiger partial charge in [-0.2, -0.15) is 0 Å². The third kappa shape index (κ3) is 4.98. The third-order valence-corrected chi connectivity index (χ3v) is 6.93. The second kappa shape index (κ2) is 8.86. The van der Waals surface area contributed by atoms with E-state index in [0.717, 1.165) is 10.1 Å². The van der Waals surface area contributed by atoms with Crippen LogP contribution in [0.4, 0.5) is 5.13 Å². The van der Waals surface area contributed by atoms with E-state index in [1.807, 2.05) is 6.92 Å². The van der Waals surface area contributed by atoms with Gasteiger partial charge >= 0.3 is 0 Å². The number of hydrogen-bond donors (Lipinski definition) is 2. The van der Waals surface area contributed by atoms with E-state index in [0.29, 0.717) is 16.5 Å². The zero-order chi connectivity index (χ0) is 20.1. The number of rotatable bonds is 8. The Bertz CT molecular complexity index is 1060. The number of furan rings is 1. The summed E-state index contributed by atoms with van der Waals surface area (Å²) in [5.74, 6) is 0.905. The van der Waals surface area contributed by atoms with Crippen LogP contribution in [0.1, 0.15) is 28.6 Å². The fourth-order valence-electron chi connectivity index (χ4n) is 2.28. The first kappa shape index (κ1) is 20.5. The van der Waals surface area contributed by atoms with Crippen LogP contribution >= 0.6 is 23.1 Å². The van der Waals surface area contributed by atoms with Crippen LogP contribution in [0.15, 0.2) is 50.2 Å². The number of nitrogens with zero attached hydrogens (tertiary/aromatic N) is 2. The first-order valence-corrected chi connectivity index (χ1v) is 11.6. The number of benzene rings is 1. The van der Waals surface area contributed by atoms with Gasteiger partial charge in [0.1, 0.15) is 5.76 Å². The maximum atomic E-state index is 12.6. The second-order valence-corrected chi connectivity index (χ2v) is 9.90. The molecule has 1 amide bonds. The molecule has 0 aliphatic carbocycles. The van der Waals surface area contributed by atoms with Crippen molar-refractivity contribution >= 4 is 44.2 Å². The van der Waals surface area contributed by atoms with Crippen molar-refractivity contribution in [1.29, 1.82) is 0 Å². The maximum Gasteiger partial charge on any atom is 0.257 e. The highest BCUT2D eigenvalue weighted by Gasteiger charge is 2.19. The lowest BCUT2D eigenvalue weighted by Crippen LogP contribution is -2.24.